The van der Waals surface area contributed by atoms with Gasteiger partial charge in [-0.2, -0.15) is 0 Å². The van der Waals surface area contributed by atoms with Gasteiger partial charge < -0.3 is 4.74 Å². The van der Waals surface area contributed by atoms with Gasteiger partial charge in [-0.25, -0.2) is 0 Å². The van der Waals surface area contributed by atoms with Crippen LogP contribution in [0, 0.1) is 0 Å². The topological polar surface area (TPSA) is 43.4 Å². The fourth-order valence-electron chi connectivity index (χ4n) is 3.49. The molecule has 1 heterocycles. The van der Waals surface area contributed by atoms with Crippen molar-refractivity contribution in [2.24, 2.45) is 0 Å². The first-order valence-corrected chi connectivity index (χ1v) is 8.26. The monoisotopic (exact) mass is 322 g/mol. The van der Waals surface area contributed by atoms with Gasteiger partial charge in [-0.1, -0.05) is 41.5 Å². The Morgan fingerprint density at radius 1 is 1.08 bits per heavy atom. The van der Waals surface area contributed by atoms with Gasteiger partial charge in [0.25, 0.3) is 0 Å². The summed E-state index contributed by atoms with van der Waals surface area (Å²) in [5.74, 6) is -0.270. The van der Waals surface area contributed by atoms with Crippen molar-refractivity contribution in [3.8, 4) is 0 Å². The number of hydrogen-bond acceptors (Lipinski definition) is 3. The van der Waals surface area contributed by atoms with Crippen molar-refractivity contribution in [2.45, 2.75) is 46.1 Å². The van der Waals surface area contributed by atoms with Gasteiger partial charge in [0.15, 0.2) is 0 Å². The first-order chi connectivity index (χ1) is 11.3. The molecule has 0 bridgehead atoms. The van der Waals surface area contributed by atoms with E-state index in [1.54, 1.807) is 12.1 Å². The van der Waals surface area contributed by atoms with Crippen LogP contribution < -0.4 is 0 Å². The van der Waals surface area contributed by atoms with Crippen molar-refractivity contribution in [3.63, 3.8) is 0 Å². The van der Waals surface area contributed by atoms with Gasteiger partial charge in [0.1, 0.15) is 11.4 Å². The lowest BCUT2D eigenvalue weighted by molar-refractivity contribution is -0.112. The van der Waals surface area contributed by atoms with E-state index in [0.717, 1.165) is 11.1 Å². The molecule has 1 aliphatic heterocycles. The molecule has 1 aromatic rings. The molecular formula is C21H22O3. The van der Waals surface area contributed by atoms with Gasteiger partial charge in [0, 0.05) is 16.7 Å². The summed E-state index contributed by atoms with van der Waals surface area (Å²) in [6.45, 7) is 8.20. The van der Waals surface area contributed by atoms with Gasteiger partial charge in [-0.15, -0.1) is 0 Å². The van der Waals surface area contributed by atoms with Crippen LogP contribution in [0.4, 0.5) is 0 Å². The number of benzene rings is 1. The maximum Gasteiger partial charge on any atom is 0.234 e. The first kappa shape index (κ1) is 16.4. The largest absolute Gasteiger partial charge is 0.482 e. The van der Waals surface area contributed by atoms with E-state index in [1.807, 2.05) is 19.1 Å². The van der Waals surface area contributed by atoms with E-state index >= 15 is 0 Å². The molecule has 0 fully saturated rings. The van der Waals surface area contributed by atoms with Crippen molar-refractivity contribution in [3.05, 3.63) is 64.3 Å². The molecule has 0 spiro atoms. The van der Waals surface area contributed by atoms with Gasteiger partial charge in [-0.05, 0) is 46.6 Å². The average molecular weight is 322 g/mol. The lowest BCUT2D eigenvalue weighted by atomic mass is 9.81. The van der Waals surface area contributed by atoms with Crippen LogP contribution in [0.3, 0.4) is 0 Å². The minimum absolute atomic E-state index is 0.421. The van der Waals surface area contributed by atoms with E-state index < -0.39 is 17.2 Å². The van der Waals surface area contributed by atoms with Crippen LogP contribution in [0.15, 0.2) is 53.1 Å². The second-order valence-electron chi connectivity index (χ2n) is 7.04. The highest BCUT2D eigenvalue weighted by atomic mass is 16.5. The summed E-state index contributed by atoms with van der Waals surface area (Å²) >= 11 is 0. The van der Waals surface area contributed by atoms with Gasteiger partial charge in [0.05, 0.1) is 0 Å². The smallest absolute Gasteiger partial charge is 0.234 e. The van der Waals surface area contributed by atoms with E-state index in [2.05, 4.69) is 32.9 Å². The molecule has 0 saturated carbocycles. The van der Waals surface area contributed by atoms with Crippen LogP contribution in [0.25, 0.3) is 5.76 Å². The molecule has 1 unspecified atom stereocenters. The number of fused-ring (bicyclic) bond motifs is 2. The molecule has 0 aromatic heterocycles. The SMILES string of the molecule is CC(C)=CC(C)=CC1(C)CCC2=C(O1)c1ccccc1C(=O)C2=O. The highest BCUT2D eigenvalue weighted by Crippen LogP contribution is 2.42. The van der Waals surface area contributed by atoms with Crippen LogP contribution in [-0.2, 0) is 9.53 Å². The highest BCUT2D eigenvalue weighted by molar-refractivity contribution is 6.52. The maximum atomic E-state index is 12.4. The molecule has 0 amide bonds. The van der Waals surface area contributed by atoms with Crippen molar-refractivity contribution >= 4 is 17.3 Å². The summed E-state index contributed by atoms with van der Waals surface area (Å²) in [6.07, 6.45) is 5.46. The van der Waals surface area contributed by atoms with Crippen molar-refractivity contribution in [1.29, 1.82) is 0 Å². The Bertz CT molecular complexity index is 819. The molecule has 2 aliphatic rings. The fourth-order valence-corrected chi connectivity index (χ4v) is 3.49. The zero-order valence-electron chi connectivity index (χ0n) is 14.6. The quantitative estimate of drug-likeness (QED) is 0.588. The molecular weight excluding hydrogens is 300 g/mol. The molecule has 3 nitrogen and oxygen atoms in total. The Hall–Kier alpha value is -2.42. The minimum Gasteiger partial charge on any atom is -0.482 e. The summed E-state index contributed by atoms with van der Waals surface area (Å²) in [5, 5.41) is 0. The maximum absolute atomic E-state index is 12.4. The summed E-state index contributed by atoms with van der Waals surface area (Å²) in [5.41, 5.74) is 3.57. The Morgan fingerprint density at radius 2 is 1.75 bits per heavy atom. The zero-order chi connectivity index (χ0) is 17.5. The predicted molar refractivity (Wildman–Crippen MR) is 94.6 cm³/mol. The van der Waals surface area contributed by atoms with Crippen LogP contribution in [-0.4, -0.2) is 17.2 Å². The standard InChI is InChI=1S/C21H22O3/c1-13(2)11-14(3)12-21(4)10-9-17-19(23)18(22)15-7-5-6-8-16(15)20(17)24-21/h5-8,11-12H,9-10H2,1-4H3. The van der Waals surface area contributed by atoms with Gasteiger partial charge in [-0.3, -0.25) is 9.59 Å². The minimum atomic E-state index is -0.483. The number of ketones is 2. The Labute approximate surface area is 142 Å². The van der Waals surface area contributed by atoms with E-state index in [0.29, 0.717) is 29.7 Å². The lowest BCUT2D eigenvalue weighted by Crippen LogP contribution is -2.35. The third-order valence-electron chi connectivity index (χ3n) is 4.43. The molecule has 0 radical (unpaired) electrons. The van der Waals surface area contributed by atoms with Crippen LogP contribution in [0.2, 0.25) is 0 Å². The number of Topliss-reactive ketones (excluding diaryl/α,β-unsaturated/α-hetero) is 2. The third kappa shape index (κ3) is 2.86. The summed E-state index contributed by atoms with van der Waals surface area (Å²) in [4.78, 5) is 24.7. The number of carbonyl (C=O) groups excluding carboxylic acids is 2. The van der Waals surface area contributed by atoms with Crippen molar-refractivity contribution in [2.75, 3.05) is 0 Å². The number of carbonyl (C=O) groups is 2. The normalized spacial score (nSPS) is 23.4. The Morgan fingerprint density at radius 3 is 2.42 bits per heavy atom. The molecule has 3 rings (SSSR count). The highest BCUT2D eigenvalue weighted by Gasteiger charge is 2.40. The van der Waals surface area contributed by atoms with Crippen molar-refractivity contribution < 1.29 is 14.3 Å². The Balaban J connectivity index is 2.04. The van der Waals surface area contributed by atoms with E-state index in [1.165, 1.54) is 5.57 Å². The van der Waals surface area contributed by atoms with E-state index in [4.69, 9.17) is 4.74 Å². The third-order valence-corrected chi connectivity index (χ3v) is 4.43. The van der Waals surface area contributed by atoms with E-state index in [-0.39, 0.29) is 0 Å². The summed E-state index contributed by atoms with van der Waals surface area (Å²) in [6, 6.07) is 7.19. The molecule has 3 heteroatoms. The lowest BCUT2D eigenvalue weighted by Gasteiger charge is -2.37. The molecule has 0 saturated heterocycles. The second-order valence-corrected chi connectivity index (χ2v) is 7.04. The first-order valence-electron chi connectivity index (χ1n) is 8.26. The number of allylic oxidation sites excluding steroid dienone is 4. The van der Waals surface area contributed by atoms with Crippen LogP contribution >= 0.6 is 0 Å². The van der Waals surface area contributed by atoms with Crippen LogP contribution in [0.5, 0.6) is 0 Å². The summed E-state index contributed by atoms with van der Waals surface area (Å²) < 4.78 is 6.28. The summed E-state index contributed by atoms with van der Waals surface area (Å²) in [7, 11) is 0. The Kier molecular flexibility index (Phi) is 4.04. The zero-order valence-corrected chi connectivity index (χ0v) is 14.6. The molecule has 0 N–H and O–H groups in total. The molecule has 1 aliphatic carbocycles. The van der Waals surface area contributed by atoms with Crippen molar-refractivity contribution in [1.82, 2.24) is 0 Å². The van der Waals surface area contributed by atoms with E-state index in [9.17, 15) is 9.59 Å². The van der Waals surface area contributed by atoms with Gasteiger partial charge in [0.2, 0.25) is 11.6 Å². The molecule has 124 valence electrons. The number of ether oxygens (including phenoxy) is 1. The number of hydrogen-bond donors (Lipinski definition) is 0. The molecule has 1 atom stereocenters. The average Bonchev–Trinajstić information content (AvgIpc) is 2.51. The number of rotatable bonds is 2. The molecule has 1 aromatic carbocycles. The predicted octanol–water partition coefficient (Wildman–Crippen LogP) is 4.64. The fraction of sp³-hybridized carbons (Fsp3) is 0.333. The van der Waals surface area contributed by atoms with Crippen LogP contribution in [0.1, 0.15) is 56.5 Å². The van der Waals surface area contributed by atoms with Gasteiger partial charge >= 0.3 is 0 Å². The molecule has 24 heavy (non-hydrogen) atoms. The second kappa shape index (κ2) is 5.90.